The highest BCUT2D eigenvalue weighted by molar-refractivity contribution is 9.10. The van der Waals surface area contributed by atoms with Crippen molar-refractivity contribution in [3.63, 3.8) is 0 Å². The summed E-state index contributed by atoms with van der Waals surface area (Å²) in [4.78, 5) is 24.2. The summed E-state index contributed by atoms with van der Waals surface area (Å²) < 4.78 is 0.920. The fourth-order valence-electron chi connectivity index (χ4n) is 2.24. The van der Waals surface area contributed by atoms with Gasteiger partial charge in [-0.25, -0.2) is 0 Å². The minimum Gasteiger partial charge on any atom is -0.318 e. The Morgan fingerprint density at radius 1 is 0.957 bits per heavy atom. The largest absolute Gasteiger partial charge is 0.318 e. The molecule has 0 atom stereocenters. The van der Waals surface area contributed by atoms with E-state index in [4.69, 9.17) is 0 Å². The van der Waals surface area contributed by atoms with E-state index in [0.29, 0.717) is 11.4 Å². The molecule has 2 aromatic carbocycles. The summed E-state index contributed by atoms with van der Waals surface area (Å²) in [6.07, 6.45) is 0. The number of amides is 2. The first kappa shape index (κ1) is 17.2. The Kier molecular flexibility index (Phi) is 5.55. The molecule has 0 unspecified atom stereocenters. The Bertz CT molecular complexity index is 742. The molecule has 0 bridgehead atoms. The van der Waals surface area contributed by atoms with E-state index in [9.17, 15) is 9.59 Å². The van der Waals surface area contributed by atoms with Gasteiger partial charge in [0.25, 0.3) is 0 Å². The normalized spacial score (nSPS) is 10.5. The minimum absolute atomic E-state index is 0.253. The number of aryl methyl sites for hydroxylation is 1. The summed E-state index contributed by atoms with van der Waals surface area (Å²) in [5, 5.41) is 5.32. The van der Waals surface area contributed by atoms with Crippen molar-refractivity contribution >= 4 is 39.1 Å². The molecule has 2 N–H and O–H groups in total. The molecule has 120 valence electrons. The number of anilines is 2. The number of carbonyl (C=O) groups is 2. The average molecular weight is 375 g/mol. The highest BCUT2D eigenvalue weighted by Gasteiger charge is 2.17. The molecule has 0 saturated carbocycles. The van der Waals surface area contributed by atoms with Gasteiger partial charge < -0.3 is 10.6 Å². The standard InChI is InChI=1S/C18H19BrN2O2/c1-11(2)14-6-4-5-7-16(14)21-18(23)17(22)20-15-9-8-13(19)10-12(15)3/h4-11H,1-3H3,(H,20,22)(H,21,23). The lowest BCUT2D eigenvalue weighted by molar-refractivity contribution is -0.133. The molecule has 4 nitrogen and oxygen atoms in total. The van der Waals surface area contributed by atoms with Crippen LogP contribution < -0.4 is 10.6 Å². The van der Waals surface area contributed by atoms with Crippen LogP contribution in [0.25, 0.3) is 0 Å². The first-order valence-corrected chi connectivity index (χ1v) is 8.15. The van der Waals surface area contributed by atoms with Crippen molar-refractivity contribution in [2.45, 2.75) is 26.7 Å². The smallest absolute Gasteiger partial charge is 0.314 e. The van der Waals surface area contributed by atoms with Crippen LogP contribution in [0.5, 0.6) is 0 Å². The summed E-state index contributed by atoms with van der Waals surface area (Å²) >= 11 is 3.37. The van der Waals surface area contributed by atoms with Crippen molar-refractivity contribution in [2.24, 2.45) is 0 Å². The zero-order chi connectivity index (χ0) is 17.0. The molecule has 0 fully saturated rings. The maximum atomic E-state index is 12.1. The van der Waals surface area contributed by atoms with Crippen LogP contribution in [0.2, 0.25) is 0 Å². The molecule has 23 heavy (non-hydrogen) atoms. The summed E-state index contributed by atoms with van der Waals surface area (Å²) in [5.74, 6) is -1.11. The summed E-state index contributed by atoms with van der Waals surface area (Å²) in [6, 6.07) is 12.9. The van der Waals surface area contributed by atoms with Gasteiger partial charge in [-0.15, -0.1) is 0 Å². The molecule has 0 radical (unpaired) electrons. The second kappa shape index (κ2) is 7.42. The van der Waals surface area contributed by atoms with Gasteiger partial charge in [0.15, 0.2) is 0 Å². The zero-order valence-corrected chi connectivity index (χ0v) is 14.9. The van der Waals surface area contributed by atoms with Crippen molar-refractivity contribution < 1.29 is 9.59 Å². The number of nitrogens with one attached hydrogen (secondary N) is 2. The first-order chi connectivity index (χ1) is 10.9. The van der Waals surface area contributed by atoms with Crippen molar-refractivity contribution in [3.8, 4) is 0 Å². The molecule has 0 heterocycles. The van der Waals surface area contributed by atoms with E-state index in [1.807, 2.05) is 51.1 Å². The fourth-order valence-corrected chi connectivity index (χ4v) is 2.72. The van der Waals surface area contributed by atoms with Gasteiger partial charge in [-0.2, -0.15) is 0 Å². The van der Waals surface area contributed by atoms with Crippen LogP contribution in [0.15, 0.2) is 46.9 Å². The Morgan fingerprint density at radius 3 is 2.17 bits per heavy atom. The van der Waals surface area contributed by atoms with Gasteiger partial charge in [0.05, 0.1) is 0 Å². The van der Waals surface area contributed by atoms with Gasteiger partial charge >= 0.3 is 11.8 Å². The third kappa shape index (κ3) is 4.42. The van der Waals surface area contributed by atoms with E-state index >= 15 is 0 Å². The van der Waals surface area contributed by atoms with Gasteiger partial charge in [-0.1, -0.05) is 48.0 Å². The SMILES string of the molecule is Cc1cc(Br)ccc1NC(=O)C(=O)Nc1ccccc1C(C)C. The number of rotatable bonds is 3. The van der Waals surface area contributed by atoms with Gasteiger partial charge in [-0.05, 0) is 48.2 Å². The first-order valence-electron chi connectivity index (χ1n) is 7.36. The number of hydrogen-bond acceptors (Lipinski definition) is 2. The molecule has 0 aliphatic heterocycles. The van der Waals surface area contributed by atoms with E-state index < -0.39 is 11.8 Å². The molecule has 0 aliphatic carbocycles. The Balaban J connectivity index is 2.10. The van der Waals surface area contributed by atoms with Gasteiger partial charge in [0.1, 0.15) is 0 Å². The van der Waals surface area contributed by atoms with Gasteiger partial charge in [0, 0.05) is 15.8 Å². The van der Waals surface area contributed by atoms with Crippen LogP contribution in [0.4, 0.5) is 11.4 Å². The summed E-state index contributed by atoms with van der Waals surface area (Å²) in [6.45, 7) is 5.94. The maximum absolute atomic E-state index is 12.1. The van der Waals surface area contributed by atoms with E-state index in [1.165, 1.54) is 0 Å². The minimum atomic E-state index is -0.686. The third-order valence-corrected chi connectivity index (χ3v) is 3.97. The Labute approximate surface area is 144 Å². The fraction of sp³-hybridized carbons (Fsp3) is 0.222. The molecular weight excluding hydrogens is 356 g/mol. The summed E-state index contributed by atoms with van der Waals surface area (Å²) in [5.41, 5.74) is 3.15. The third-order valence-electron chi connectivity index (χ3n) is 3.47. The quantitative estimate of drug-likeness (QED) is 0.779. The molecule has 2 amide bonds. The van der Waals surface area contributed by atoms with Crippen LogP contribution in [0, 0.1) is 6.92 Å². The second-order valence-corrected chi connectivity index (χ2v) is 6.53. The molecular formula is C18H19BrN2O2. The molecule has 0 aliphatic rings. The molecule has 0 saturated heterocycles. The van der Waals surface area contributed by atoms with Gasteiger partial charge in [-0.3, -0.25) is 9.59 Å². The van der Waals surface area contributed by atoms with Crippen LogP contribution in [-0.4, -0.2) is 11.8 Å². The predicted molar refractivity (Wildman–Crippen MR) is 96.7 cm³/mol. The molecule has 5 heteroatoms. The lowest BCUT2D eigenvalue weighted by Gasteiger charge is -2.14. The maximum Gasteiger partial charge on any atom is 0.314 e. The van der Waals surface area contributed by atoms with Crippen LogP contribution >= 0.6 is 15.9 Å². The number of halogens is 1. The number of carbonyl (C=O) groups excluding carboxylic acids is 2. The van der Waals surface area contributed by atoms with E-state index in [0.717, 1.165) is 15.6 Å². The highest BCUT2D eigenvalue weighted by Crippen LogP contribution is 2.24. The van der Waals surface area contributed by atoms with Crippen molar-refractivity contribution in [1.82, 2.24) is 0 Å². The zero-order valence-electron chi connectivity index (χ0n) is 13.3. The number of benzene rings is 2. The van der Waals surface area contributed by atoms with Crippen molar-refractivity contribution in [2.75, 3.05) is 10.6 Å². The van der Waals surface area contributed by atoms with E-state index in [1.54, 1.807) is 12.1 Å². The second-order valence-electron chi connectivity index (χ2n) is 5.61. The lowest BCUT2D eigenvalue weighted by Crippen LogP contribution is -2.29. The molecule has 2 aromatic rings. The van der Waals surface area contributed by atoms with Gasteiger partial charge in [0.2, 0.25) is 0 Å². The number of hydrogen-bond donors (Lipinski definition) is 2. The van der Waals surface area contributed by atoms with E-state index in [2.05, 4.69) is 26.6 Å². The molecule has 2 rings (SSSR count). The Hall–Kier alpha value is -2.14. The van der Waals surface area contributed by atoms with Crippen LogP contribution in [0.3, 0.4) is 0 Å². The van der Waals surface area contributed by atoms with Crippen LogP contribution in [0.1, 0.15) is 30.9 Å². The predicted octanol–water partition coefficient (Wildman–Crippen LogP) is 4.46. The Morgan fingerprint density at radius 2 is 1.57 bits per heavy atom. The highest BCUT2D eigenvalue weighted by atomic mass is 79.9. The average Bonchev–Trinajstić information content (AvgIpc) is 2.50. The lowest BCUT2D eigenvalue weighted by atomic mass is 10.0. The van der Waals surface area contributed by atoms with Crippen LogP contribution in [-0.2, 0) is 9.59 Å². The monoisotopic (exact) mass is 374 g/mol. The molecule has 0 spiro atoms. The summed E-state index contributed by atoms with van der Waals surface area (Å²) in [7, 11) is 0. The number of para-hydroxylation sites is 1. The molecule has 0 aromatic heterocycles. The van der Waals surface area contributed by atoms with Crippen molar-refractivity contribution in [1.29, 1.82) is 0 Å². The topological polar surface area (TPSA) is 58.2 Å². The van der Waals surface area contributed by atoms with Crippen molar-refractivity contribution in [3.05, 3.63) is 58.1 Å². The van der Waals surface area contributed by atoms with E-state index in [-0.39, 0.29) is 5.92 Å².